The highest BCUT2D eigenvalue weighted by Gasteiger charge is 2.42. The van der Waals surface area contributed by atoms with Crippen LogP contribution in [0.25, 0.3) is 0 Å². The molecule has 2 fully saturated rings. The van der Waals surface area contributed by atoms with E-state index in [-0.39, 0.29) is 0 Å². The molecular formula is C18H31N4O4+. The average Bonchev–Trinajstić information content (AvgIpc) is 2.64. The number of urea groups is 1. The highest BCUT2D eigenvalue weighted by atomic mass is 16.5. The van der Waals surface area contributed by atoms with Crippen LogP contribution in [-0.2, 0) is 14.3 Å². The van der Waals surface area contributed by atoms with Gasteiger partial charge in [-0.3, -0.25) is 24.8 Å². The molecule has 1 atom stereocenters. The van der Waals surface area contributed by atoms with Gasteiger partial charge < -0.3 is 9.64 Å². The maximum absolute atomic E-state index is 12.7. The van der Waals surface area contributed by atoms with Gasteiger partial charge in [-0.25, -0.2) is 4.79 Å². The minimum Gasteiger partial charge on any atom is -0.370 e. The van der Waals surface area contributed by atoms with Gasteiger partial charge in [0, 0.05) is 25.2 Å². The Bertz CT molecular complexity index is 543. The summed E-state index contributed by atoms with van der Waals surface area (Å²) < 4.78 is 5.35. The van der Waals surface area contributed by atoms with Gasteiger partial charge in [0.1, 0.15) is 13.1 Å². The summed E-state index contributed by atoms with van der Waals surface area (Å²) in [7, 11) is 0. The molecule has 0 aliphatic carbocycles. The topological polar surface area (TPSA) is 92.5 Å². The number of aliphatic imine (C=N–C) groups is 1. The number of nitrogens with one attached hydrogen (secondary N) is 2. The summed E-state index contributed by atoms with van der Waals surface area (Å²) in [4.78, 5) is 44.0. The third-order valence-corrected chi connectivity index (χ3v) is 4.88. The van der Waals surface area contributed by atoms with Crippen molar-refractivity contribution in [2.45, 2.75) is 39.5 Å². The van der Waals surface area contributed by atoms with Crippen LogP contribution in [0.4, 0.5) is 4.79 Å². The van der Waals surface area contributed by atoms with Gasteiger partial charge in [0.25, 0.3) is 0 Å². The second-order valence-electron chi connectivity index (χ2n) is 6.76. The number of rotatable bonds is 9. The molecule has 4 amide bonds. The minimum absolute atomic E-state index is 0.336. The van der Waals surface area contributed by atoms with Gasteiger partial charge in [0.15, 0.2) is 5.92 Å². The van der Waals surface area contributed by atoms with Crippen molar-refractivity contribution in [3.05, 3.63) is 0 Å². The number of carbonyl (C=O) groups is 3. The van der Waals surface area contributed by atoms with Crippen LogP contribution in [0.1, 0.15) is 39.5 Å². The van der Waals surface area contributed by atoms with Crippen LogP contribution in [0, 0.1) is 5.92 Å². The Morgan fingerprint density at radius 2 is 1.96 bits per heavy atom. The van der Waals surface area contributed by atoms with Gasteiger partial charge in [-0.2, -0.15) is 0 Å². The Labute approximate surface area is 154 Å². The van der Waals surface area contributed by atoms with Crippen molar-refractivity contribution in [2.75, 3.05) is 45.9 Å². The quantitative estimate of drug-likeness (QED) is 0.331. The minimum atomic E-state index is -0.967. The lowest BCUT2D eigenvalue weighted by atomic mass is 9.96. The number of morpholine rings is 1. The van der Waals surface area contributed by atoms with E-state index in [4.69, 9.17) is 4.74 Å². The van der Waals surface area contributed by atoms with Crippen molar-refractivity contribution in [1.29, 1.82) is 0 Å². The molecule has 0 radical (unpaired) electrons. The first-order chi connectivity index (χ1) is 12.6. The Hall–Kier alpha value is -1.80. The number of carbonyl (C=O) groups excluding carboxylic acids is 3. The first-order valence-electron chi connectivity index (χ1n) is 9.69. The first-order valence-corrected chi connectivity index (χ1v) is 9.69. The third-order valence-electron chi connectivity index (χ3n) is 4.88. The Balaban J connectivity index is 1.95. The largest absolute Gasteiger partial charge is 0.370 e. The number of hydrogen-bond acceptors (Lipinski definition) is 5. The van der Waals surface area contributed by atoms with Gasteiger partial charge in [-0.05, 0) is 12.8 Å². The van der Waals surface area contributed by atoms with Crippen molar-refractivity contribution < 1.29 is 24.0 Å². The van der Waals surface area contributed by atoms with Gasteiger partial charge in [0.05, 0.1) is 19.8 Å². The van der Waals surface area contributed by atoms with Gasteiger partial charge in [-0.15, -0.1) is 0 Å². The molecule has 0 aromatic heterocycles. The molecule has 2 saturated heterocycles. The van der Waals surface area contributed by atoms with E-state index in [9.17, 15) is 14.4 Å². The van der Waals surface area contributed by atoms with Crippen LogP contribution < -0.4 is 10.2 Å². The lowest BCUT2D eigenvalue weighted by molar-refractivity contribution is -0.908. The average molecular weight is 367 g/mol. The molecule has 2 rings (SSSR count). The van der Waals surface area contributed by atoms with Gasteiger partial charge in [0.2, 0.25) is 11.8 Å². The summed E-state index contributed by atoms with van der Waals surface area (Å²) in [6, 6.07) is -0.615. The lowest BCUT2D eigenvalue weighted by Gasteiger charge is -2.30. The van der Waals surface area contributed by atoms with Crippen molar-refractivity contribution >= 4 is 23.6 Å². The zero-order valence-electron chi connectivity index (χ0n) is 15.9. The van der Waals surface area contributed by atoms with E-state index in [0.717, 1.165) is 57.0 Å². The molecule has 146 valence electrons. The maximum Gasteiger partial charge on any atom is 0.330 e. The van der Waals surface area contributed by atoms with Crippen LogP contribution in [0.15, 0.2) is 4.99 Å². The molecule has 2 heterocycles. The second-order valence-corrected chi connectivity index (χ2v) is 6.76. The Morgan fingerprint density at radius 1 is 1.23 bits per heavy atom. The number of imide groups is 2. The zero-order valence-corrected chi connectivity index (χ0v) is 15.9. The monoisotopic (exact) mass is 367 g/mol. The van der Waals surface area contributed by atoms with Crippen LogP contribution in [0.3, 0.4) is 0 Å². The standard InChI is InChI=1S/C18H30N4O4/c1-3-5-9-22-17(24)15(16(23)20-18(22)25)14(4-2)19-7-6-8-21-10-12-26-13-11-21/h15H,3-13H2,1-2H3,(H,20,23,25)/p+1/t15-/m1/s1. The number of hydrogen-bond donors (Lipinski definition) is 2. The van der Waals surface area contributed by atoms with Gasteiger partial charge in [-0.1, -0.05) is 20.3 Å². The number of unbranched alkanes of at least 4 members (excludes halogenated alkanes) is 1. The van der Waals surface area contributed by atoms with Gasteiger partial charge >= 0.3 is 6.03 Å². The summed E-state index contributed by atoms with van der Waals surface area (Å²) in [6.07, 6.45) is 3.01. The van der Waals surface area contributed by atoms with Crippen molar-refractivity contribution in [3.63, 3.8) is 0 Å². The predicted octanol–water partition coefficient (Wildman–Crippen LogP) is -0.363. The fraction of sp³-hybridized carbons (Fsp3) is 0.778. The molecule has 0 saturated carbocycles. The summed E-state index contributed by atoms with van der Waals surface area (Å²) >= 11 is 0. The molecular weight excluding hydrogens is 336 g/mol. The number of nitrogens with zero attached hydrogens (tertiary/aromatic N) is 2. The normalized spacial score (nSPS) is 22.7. The number of ether oxygens (including phenoxy) is 1. The summed E-state index contributed by atoms with van der Waals surface area (Å²) in [5.74, 6) is -1.95. The third kappa shape index (κ3) is 5.35. The SMILES string of the molecule is CCCCN1C(=O)NC(=O)[C@@H](C(CC)=NCCC[NH+]2CCOCC2)C1=O. The first kappa shape index (κ1) is 20.5. The summed E-state index contributed by atoms with van der Waals surface area (Å²) in [5, 5.41) is 2.30. The van der Waals surface area contributed by atoms with E-state index < -0.39 is 23.8 Å². The van der Waals surface area contributed by atoms with E-state index in [1.165, 1.54) is 4.90 Å². The molecule has 8 nitrogen and oxygen atoms in total. The molecule has 0 unspecified atom stereocenters. The fourth-order valence-corrected chi connectivity index (χ4v) is 3.30. The van der Waals surface area contributed by atoms with E-state index in [0.29, 0.717) is 25.2 Å². The molecule has 2 N–H and O–H groups in total. The number of barbiturate groups is 1. The summed E-state index contributed by atoms with van der Waals surface area (Å²) in [5.41, 5.74) is 0.568. The second kappa shape index (κ2) is 10.4. The molecule has 2 aliphatic rings. The lowest BCUT2D eigenvalue weighted by Crippen LogP contribution is -3.14. The number of amides is 4. The van der Waals surface area contributed by atoms with Crippen molar-refractivity contribution in [1.82, 2.24) is 10.2 Å². The molecule has 0 bridgehead atoms. The smallest absolute Gasteiger partial charge is 0.330 e. The van der Waals surface area contributed by atoms with E-state index in [2.05, 4.69) is 10.3 Å². The molecule has 26 heavy (non-hydrogen) atoms. The molecule has 0 spiro atoms. The summed E-state index contributed by atoms with van der Waals surface area (Å²) in [6.45, 7) is 9.45. The van der Waals surface area contributed by atoms with E-state index in [1.54, 1.807) is 0 Å². The predicted molar refractivity (Wildman–Crippen MR) is 97.2 cm³/mol. The molecule has 0 aromatic rings. The molecule has 2 aliphatic heterocycles. The molecule has 8 heteroatoms. The molecule has 0 aromatic carbocycles. The van der Waals surface area contributed by atoms with Crippen LogP contribution in [-0.4, -0.2) is 74.4 Å². The van der Waals surface area contributed by atoms with Crippen LogP contribution in [0.2, 0.25) is 0 Å². The van der Waals surface area contributed by atoms with Crippen molar-refractivity contribution in [2.24, 2.45) is 10.9 Å². The number of quaternary nitrogens is 1. The Kier molecular flexibility index (Phi) is 8.18. The zero-order chi connectivity index (χ0) is 18.9. The van der Waals surface area contributed by atoms with Crippen molar-refractivity contribution in [3.8, 4) is 0 Å². The Morgan fingerprint density at radius 3 is 2.62 bits per heavy atom. The highest BCUT2D eigenvalue weighted by molar-refractivity contribution is 6.27. The van der Waals surface area contributed by atoms with E-state index in [1.807, 2.05) is 13.8 Å². The van der Waals surface area contributed by atoms with E-state index >= 15 is 0 Å². The van der Waals surface area contributed by atoms with Crippen LogP contribution >= 0.6 is 0 Å². The highest BCUT2D eigenvalue weighted by Crippen LogP contribution is 2.15. The fourth-order valence-electron chi connectivity index (χ4n) is 3.30. The van der Waals surface area contributed by atoms with Crippen LogP contribution in [0.5, 0.6) is 0 Å². The maximum atomic E-state index is 12.7.